The zero-order chi connectivity index (χ0) is 16.2. The highest BCUT2D eigenvalue weighted by Gasteiger charge is 2.25. The molecule has 0 aliphatic carbocycles. The minimum absolute atomic E-state index is 0.0654. The van der Waals surface area contributed by atoms with Crippen molar-refractivity contribution in [1.29, 1.82) is 0 Å². The number of thioether (sulfide) groups is 1. The molecule has 0 spiro atoms. The zero-order valence-electron chi connectivity index (χ0n) is 11.4. The van der Waals surface area contributed by atoms with Gasteiger partial charge in [0.25, 0.3) is 0 Å². The van der Waals surface area contributed by atoms with Crippen molar-refractivity contribution in [3.63, 3.8) is 0 Å². The fourth-order valence-corrected chi connectivity index (χ4v) is 4.18. The molecule has 1 rings (SSSR count). The Morgan fingerprint density at radius 2 is 2.10 bits per heavy atom. The van der Waals surface area contributed by atoms with E-state index in [0.717, 1.165) is 6.07 Å². The van der Waals surface area contributed by atoms with E-state index in [1.165, 1.54) is 23.9 Å². The molecule has 0 heterocycles. The molecule has 1 aromatic carbocycles. The maximum Gasteiger partial charge on any atom is 0.335 e. The second-order valence-electron chi connectivity index (χ2n) is 4.32. The molecule has 118 valence electrons. The van der Waals surface area contributed by atoms with Crippen LogP contribution >= 0.6 is 23.4 Å². The van der Waals surface area contributed by atoms with Gasteiger partial charge >= 0.3 is 5.97 Å². The van der Waals surface area contributed by atoms with Crippen LogP contribution in [-0.2, 0) is 10.0 Å². The highest BCUT2D eigenvalue weighted by atomic mass is 35.5. The number of rotatable bonds is 7. The summed E-state index contributed by atoms with van der Waals surface area (Å²) >= 11 is 7.17. The van der Waals surface area contributed by atoms with Gasteiger partial charge in [-0.2, -0.15) is 11.8 Å². The van der Waals surface area contributed by atoms with Crippen LogP contribution in [-0.4, -0.2) is 48.8 Å². The second-order valence-corrected chi connectivity index (χ2v) is 7.48. The topological polar surface area (TPSA) is 104 Å². The molecule has 3 N–H and O–H groups in total. The standard InChI is InChI=1S/C12H16ClNO5S2/c1-7(10(6-15)20-2)14-21(18,19)11-5-8(12(16)17)3-4-9(11)13/h3-5,7,10,14-15H,6H2,1-2H3,(H,16,17). The van der Waals surface area contributed by atoms with Crippen LogP contribution in [0, 0.1) is 0 Å². The van der Waals surface area contributed by atoms with Gasteiger partial charge in [0.1, 0.15) is 4.90 Å². The third-order valence-electron chi connectivity index (χ3n) is 2.85. The Kier molecular flexibility index (Phi) is 6.48. The van der Waals surface area contributed by atoms with E-state index in [2.05, 4.69) is 4.72 Å². The quantitative estimate of drug-likeness (QED) is 0.685. The van der Waals surface area contributed by atoms with Crippen molar-refractivity contribution >= 4 is 39.4 Å². The summed E-state index contributed by atoms with van der Waals surface area (Å²) in [6, 6.07) is 2.92. The van der Waals surface area contributed by atoms with Crippen molar-refractivity contribution in [2.24, 2.45) is 0 Å². The fourth-order valence-electron chi connectivity index (χ4n) is 1.66. The van der Waals surface area contributed by atoms with E-state index in [4.69, 9.17) is 16.7 Å². The maximum atomic E-state index is 12.3. The van der Waals surface area contributed by atoms with Crippen molar-refractivity contribution < 1.29 is 23.4 Å². The SMILES string of the molecule is CSC(CO)C(C)NS(=O)(=O)c1cc(C(=O)O)ccc1Cl. The van der Waals surface area contributed by atoms with E-state index in [9.17, 15) is 18.3 Å². The number of aliphatic hydroxyl groups excluding tert-OH is 1. The van der Waals surface area contributed by atoms with Gasteiger partial charge in [-0.25, -0.2) is 17.9 Å². The molecular formula is C12H16ClNO5S2. The molecular weight excluding hydrogens is 338 g/mol. The smallest absolute Gasteiger partial charge is 0.335 e. The zero-order valence-corrected chi connectivity index (χ0v) is 13.8. The highest BCUT2D eigenvalue weighted by Crippen LogP contribution is 2.24. The predicted octanol–water partition coefficient (Wildman–Crippen LogP) is 1.43. The van der Waals surface area contributed by atoms with Crippen LogP contribution in [0.5, 0.6) is 0 Å². The number of nitrogens with one attached hydrogen (secondary N) is 1. The minimum atomic E-state index is -3.98. The van der Waals surface area contributed by atoms with Crippen molar-refractivity contribution in [3.8, 4) is 0 Å². The normalized spacial score (nSPS) is 14.7. The summed E-state index contributed by atoms with van der Waals surface area (Å²) in [6.45, 7) is 1.43. The number of carboxylic acid groups (broad SMARTS) is 1. The van der Waals surface area contributed by atoms with Crippen LogP contribution in [0.3, 0.4) is 0 Å². The highest BCUT2D eigenvalue weighted by molar-refractivity contribution is 7.99. The van der Waals surface area contributed by atoms with Gasteiger partial charge in [-0.3, -0.25) is 0 Å². The number of aliphatic hydroxyl groups is 1. The summed E-state index contributed by atoms with van der Waals surface area (Å²) in [6.07, 6.45) is 1.75. The van der Waals surface area contributed by atoms with Gasteiger partial charge in [0, 0.05) is 11.3 Å². The maximum absolute atomic E-state index is 12.3. The molecule has 0 bridgehead atoms. The molecule has 21 heavy (non-hydrogen) atoms. The number of aromatic carboxylic acids is 1. The third kappa shape index (κ3) is 4.58. The average molecular weight is 354 g/mol. The first-order valence-electron chi connectivity index (χ1n) is 5.91. The van der Waals surface area contributed by atoms with Crippen LogP contribution in [0.1, 0.15) is 17.3 Å². The Morgan fingerprint density at radius 1 is 1.48 bits per heavy atom. The summed E-state index contributed by atoms with van der Waals surface area (Å²) in [5, 5.41) is 17.7. The van der Waals surface area contributed by atoms with E-state index in [-0.39, 0.29) is 27.3 Å². The Bertz CT molecular complexity index is 616. The number of carboxylic acids is 1. The molecule has 0 aliphatic rings. The Labute approximate surface area is 132 Å². The van der Waals surface area contributed by atoms with Crippen LogP contribution in [0.15, 0.2) is 23.1 Å². The Hall–Kier alpha value is -0.800. The number of benzene rings is 1. The minimum Gasteiger partial charge on any atom is -0.478 e. The van der Waals surface area contributed by atoms with Gasteiger partial charge in [0.05, 0.1) is 17.2 Å². The van der Waals surface area contributed by atoms with Crippen LogP contribution < -0.4 is 4.72 Å². The van der Waals surface area contributed by atoms with Crippen LogP contribution in [0.2, 0.25) is 5.02 Å². The van der Waals surface area contributed by atoms with Crippen molar-refractivity contribution in [1.82, 2.24) is 4.72 Å². The van der Waals surface area contributed by atoms with E-state index in [0.29, 0.717) is 0 Å². The number of sulfonamides is 1. The number of halogens is 1. The molecule has 0 aliphatic heterocycles. The number of hydrogen-bond donors (Lipinski definition) is 3. The molecule has 9 heteroatoms. The van der Waals surface area contributed by atoms with Crippen molar-refractivity contribution in [2.45, 2.75) is 23.1 Å². The van der Waals surface area contributed by atoms with Crippen LogP contribution in [0.25, 0.3) is 0 Å². The Morgan fingerprint density at radius 3 is 2.57 bits per heavy atom. The molecule has 0 radical (unpaired) electrons. The number of hydrogen-bond acceptors (Lipinski definition) is 5. The van der Waals surface area contributed by atoms with Gasteiger partial charge in [-0.15, -0.1) is 0 Å². The van der Waals surface area contributed by atoms with E-state index >= 15 is 0 Å². The van der Waals surface area contributed by atoms with Gasteiger partial charge in [-0.05, 0) is 31.4 Å². The largest absolute Gasteiger partial charge is 0.478 e. The first-order chi connectivity index (χ1) is 9.72. The summed E-state index contributed by atoms with van der Waals surface area (Å²) in [5.41, 5.74) is -0.170. The summed E-state index contributed by atoms with van der Waals surface area (Å²) < 4.78 is 27.0. The van der Waals surface area contributed by atoms with Crippen LogP contribution in [0.4, 0.5) is 0 Å². The number of carbonyl (C=O) groups is 1. The first kappa shape index (κ1) is 18.2. The Balaban J connectivity index is 3.13. The van der Waals surface area contributed by atoms with Gasteiger partial charge in [0.2, 0.25) is 10.0 Å². The lowest BCUT2D eigenvalue weighted by Gasteiger charge is -2.21. The van der Waals surface area contributed by atoms with E-state index in [1.807, 2.05) is 0 Å². The molecule has 0 amide bonds. The first-order valence-corrected chi connectivity index (χ1v) is 9.06. The lowest BCUT2D eigenvalue weighted by atomic mass is 10.2. The lowest BCUT2D eigenvalue weighted by Crippen LogP contribution is -2.41. The average Bonchev–Trinajstić information content (AvgIpc) is 2.39. The molecule has 2 unspecified atom stereocenters. The van der Waals surface area contributed by atoms with Gasteiger partial charge < -0.3 is 10.2 Å². The summed E-state index contributed by atoms with van der Waals surface area (Å²) in [7, 11) is -3.98. The molecule has 1 aromatic rings. The summed E-state index contributed by atoms with van der Waals surface area (Å²) in [5.74, 6) is -1.24. The molecule has 0 saturated carbocycles. The second kappa shape index (κ2) is 7.46. The van der Waals surface area contributed by atoms with E-state index < -0.39 is 22.0 Å². The lowest BCUT2D eigenvalue weighted by molar-refractivity contribution is 0.0696. The van der Waals surface area contributed by atoms with Crippen molar-refractivity contribution in [2.75, 3.05) is 12.9 Å². The molecule has 2 atom stereocenters. The predicted molar refractivity (Wildman–Crippen MR) is 82.6 cm³/mol. The van der Waals surface area contributed by atoms with Crippen molar-refractivity contribution in [3.05, 3.63) is 28.8 Å². The van der Waals surface area contributed by atoms with Gasteiger partial charge in [-0.1, -0.05) is 11.6 Å². The molecule has 0 saturated heterocycles. The molecule has 0 fully saturated rings. The molecule has 0 aromatic heterocycles. The van der Waals surface area contributed by atoms with Gasteiger partial charge in [0.15, 0.2) is 0 Å². The van der Waals surface area contributed by atoms with E-state index in [1.54, 1.807) is 13.2 Å². The fraction of sp³-hybridized carbons (Fsp3) is 0.417. The molecule has 6 nitrogen and oxygen atoms in total. The summed E-state index contributed by atoms with van der Waals surface area (Å²) in [4.78, 5) is 10.6. The third-order valence-corrected chi connectivity index (χ3v) is 6.05. The monoisotopic (exact) mass is 353 g/mol.